The number of ether oxygens (including phenoxy) is 1. The Kier molecular flexibility index (Phi) is 2.83. The lowest BCUT2D eigenvalue weighted by molar-refractivity contribution is 0.135. The Labute approximate surface area is 121 Å². The van der Waals surface area contributed by atoms with Crippen LogP contribution in [0.3, 0.4) is 0 Å². The zero-order valence-corrected chi connectivity index (χ0v) is 12.5. The summed E-state index contributed by atoms with van der Waals surface area (Å²) in [5, 5.41) is 3.51. The third-order valence-corrected chi connectivity index (χ3v) is 5.03. The van der Waals surface area contributed by atoms with E-state index in [2.05, 4.69) is 42.3 Å². The molecule has 3 aliphatic heterocycles. The maximum atomic E-state index is 6.19. The van der Waals surface area contributed by atoms with Gasteiger partial charge in [-0.05, 0) is 44.3 Å². The van der Waals surface area contributed by atoms with Gasteiger partial charge < -0.3 is 10.1 Å². The van der Waals surface area contributed by atoms with Gasteiger partial charge in [-0.25, -0.2) is 0 Å². The van der Waals surface area contributed by atoms with E-state index in [9.17, 15) is 0 Å². The molecule has 0 saturated carbocycles. The second-order valence-electron chi connectivity index (χ2n) is 7.32. The molecule has 0 amide bonds. The van der Waals surface area contributed by atoms with Crippen LogP contribution in [0.15, 0.2) is 18.2 Å². The Morgan fingerprint density at radius 1 is 1.25 bits per heavy atom. The van der Waals surface area contributed by atoms with Crippen LogP contribution in [0.25, 0.3) is 0 Å². The average molecular weight is 272 g/mol. The molecule has 0 bridgehead atoms. The number of hydrogen-bond acceptors (Lipinski definition) is 3. The topological polar surface area (TPSA) is 24.5 Å². The summed E-state index contributed by atoms with van der Waals surface area (Å²) in [4.78, 5) is 2.61. The number of nitrogens with zero attached hydrogens (tertiary/aromatic N) is 1. The van der Waals surface area contributed by atoms with Gasteiger partial charge in [-0.3, -0.25) is 4.90 Å². The van der Waals surface area contributed by atoms with Crippen molar-refractivity contribution in [1.29, 1.82) is 0 Å². The molecule has 2 unspecified atom stereocenters. The third-order valence-electron chi connectivity index (χ3n) is 5.03. The first-order valence-electron chi connectivity index (χ1n) is 7.84. The van der Waals surface area contributed by atoms with Gasteiger partial charge >= 0.3 is 0 Å². The summed E-state index contributed by atoms with van der Waals surface area (Å²) in [5.74, 6) is 2.89. The molecule has 0 spiro atoms. The molecule has 0 radical (unpaired) electrons. The van der Waals surface area contributed by atoms with Crippen LogP contribution in [-0.2, 0) is 13.0 Å². The second kappa shape index (κ2) is 4.47. The molecule has 3 nitrogen and oxygen atoms in total. The van der Waals surface area contributed by atoms with Gasteiger partial charge in [0.15, 0.2) is 0 Å². The van der Waals surface area contributed by atoms with Crippen molar-refractivity contribution < 1.29 is 4.74 Å². The fraction of sp³-hybridized carbons (Fsp3) is 0.647. The summed E-state index contributed by atoms with van der Waals surface area (Å²) in [7, 11) is 0. The zero-order valence-electron chi connectivity index (χ0n) is 12.5. The minimum Gasteiger partial charge on any atom is -0.487 e. The van der Waals surface area contributed by atoms with Gasteiger partial charge in [-0.2, -0.15) is 0 Å². The molecule has 20 heavy (non-hydrogen) atoms. The van der Waals surface area contributed by atoms with E-state index in [4.69, 9.17) is 4.74 Å². The summed E-state index contributed by atoms with van der Waals surface area (Å²) in [6, 6.07) is 6.65. The van der Waals surface area contributed by atoms with Crippen molar-refractivity contribution in [2.24, 2.45) is 11.8 Å². The van der Waals surface area contributed by atoms with E-state index in [1.54, 1.807) is 0 Å². The number of likely N-dealkylation sites (tertiary alicyclic amines) is 1. The highest BCUT2D eigenvalue weighted by Gasteiger charge is 2.37. The van der Waals surface area contributed by atoms with E-state index in [-0.39, 0.29) is 5.60 Å². The molecule has 2 saturated heterocycles. The minimum atomic E-state index is -0.0378. The lowest BCUT2D eigenvalue weighted by Gasteiger charge is -2.21. The summed E-state index contributed by atoms with van der Waals surface area (Å²) in [5.41, 5.74) is 2.72. The number of benzene rings is 1. The van der Waals surface area contributed by atoms with E-state index in [1.807, 2.05) is 0 Å². The summed E-state index contributed by atoms with van der Waals surface area (Å²) in [6.45, 7) is 10.3. The first kappa shape index (κ1) is 12.7. The van der Waals surface area contributed by atoms with Crippen molar-refractivity contribution in [2.75, 3.05) is 26.2 Å². The fourth-order valence-electron chi connectivity index (χ4n) is 4.13. The molecule has 108 valence electrons. The zero-order chi connectivity index (χ0) is 13.7. The van der Waals surface area contributed by atoms with Crippen molar-refractivity contribution in [1.82, 2.24) is 10.2 Å². The predicted octanol–water partition coefficient (Wildman–Crippen LogP) is 2.05. The van der Waals surface area contributed by atoms with Gasteiger partial charge in [0.2, 0.25) is 0 Å². The molecule has 0 aliphatic carbocycles. The first-order chi connectivity index (χ1) is 9.61. The molecular weight excluding hydrogens is 248 g/mol. The fourth-order valence-corrected chi connectivity index (χ4v) is 4.13. The summed E-state index contributed by atoms with van der Waals surface area (Å²) < 4.78 is 6.19. The maximum absolute atomic E-state index is 6.19. The van der Waals surface area contributed by atoms with Crippen molar-refractivity contribution in [2.45, 2.75) is 32.4 Å². The molecule has 1 aromatic rings. The van der Waals surface area contributed by atoms with Gasteiger partial charge in [0.1, 0.15) is 11.4 Å². The normalized spacial score (nSPS) is 31.1. The third kappa shape index (κ3) is 2.13. The van der Waals surface area contributed by atoms with E-state index in [0.717, 1.165) is 30.6 Å². The molecule has 1 aromatic carbocycles. The highest BCUT2D eigenvalue weighted by molar-refractivity contribution is 5.45. The molecule has 4 rings (SSSR count). The standard InChI is InChI=1S/C17H24N2O/c1-17(2)6-12-4-3-5-13(16(12)20-17)9-19-10-14-7-18-8-15(14)11-19/h3-5,14-15,18H,6-11H2,1-2H3. The Hall–Kier alpha value is -1.06. The Balaban J connectivity index is 1.52. The molecule has 2 fully saturated rings. The Bertz CT molecular complexity index is 514. The Morgan fingerprint density at radius 3 is 2.75 bits per heavy atom. The van der Waals surface area contributed by atoms with Crippen LogP contribution < -0.4 is 10.1 Å². The molecule has 0 aromatic heterocycles. The number of hydrogen-bond donors (Lipinski definition) is 1. The molecule has 1 N–H and O–H groups in total. The van der Waals surface area contributed by atoms with Gasteiger partial charge in [0.25, 0.3) is 0 Å². The van der Waals surface area contributed by atoms with Crippen molar-refractivity contribution in [3.8, 4) is 5.75 Å². The Morgan fingerprint density at radius 2 is 2.00 bits per heavy atom. The van der Waals surface area contributed by atoms with Crippen LogP contribution in [-0.4, -0.2) is 36.7 Å². The van der Waals surface area contributed by atoms with Gasteiger partial charge in [-0.15, -0.1) is 0 Å². The van der Waals surface area contributed by atoms with Gasteiger partial charge in [0, 0.05) is 31.6 Å². The summed E-state index contributed by atoms with van der Waals surface area (Å²) >= 11 is 0. The smallest absolute Gasteiger partial charge is 0.127 e. The molecular formula is C17H24N2O. The lowest BCUT2D eigenvalue weighted by atomic mass is 10.0. The molecule has 3 heteroatoms. The maximum Gasteiger partial charge on any atom is 0.127 e. The van der Waals surface area contributed by atoms with Crippen LogP contribution >= 0.6 is 0 Å². The molecule has 3 aliphatic rings. The average Bonchev–Trinajstić information content (AvgIpc) is 3.00. The number of para-hydroxylation sites is 1. The van der Waals surface area contributed by atoms with Crippen LogP contribution in [0.1, 0.15) is 25.0 Å². The van der Waals surface area contributed by atoms with Crippen molar-refractivity contribution in [3.63, 3.8) is 0 Å². The quantitative estimate of drug-likeness (QED) is 0.892. The molecule has 2 atom stereocenters. The monoisotopic (exact) mass is 272 g/mol. The van der Waals surface area contributed by atoms with Crippen molar-refractivity contribution in [3.05, 3.63) is 29.3 Å². The van der Waals surface area contributed by atoms with Gasteiger partial charge in [-0.1, -0.05) is 18.2 Å². The highest BCUT2D eigenvalue weighted by Crippen LogP contribution is 2.38. The molecule has 3 heterocycles. The van der Waals surface area contributed by atoms with Crippen molar-refractivity contribution >= 4 is 0 Å². The van der Waals surface area contributed by atoms with Crippen LogP contribution in [0, 0.1) is 11.8 Å². The minimum absolute atomic E-state index is 0.0378. The van der Waals surface area contributed by atoms with E-state index in [1.165, 1.54) is 37.3 Å². The number of nitrogens with one attached hydrogen (secondary N) is 1. The largest absolute Gasteiger partial charge is 0.487 e. The first-order valence-corrected chi connectivity index (χ1v) is 7.84. The SMILES string of the molecule is CC1(C)Cc2cccc(CN3CC4CNCC4C3)c2O1. The van der Waals surface area contributed by atoms with E-state index >= 15 is 0 Å². The second-order valence-corrected chi connectivity index (χ2v) is 7.32. The summed E-state index contributed by atoms with van der Waals surface area (Å²) in [6.07, 6.45) is 1.03. The van der Waals surface area contributed by atoms with E-state index in [0.29, 0.717) is 0 Å². The predicted molar refractivity (Wildman–Crippen MR) is 80.0 cm³/mol. The lowest BCUT2D eigenvalue weighted by Crippen LogP contribution is -2.26. The van der Waals surface area contributed by atoms with Crippen LogP contribution in [0.4, 0.5) is 0 Å². The van der Waals surface area contributed by atoms with E-state index < -0.39 is 0 Å². The number of fused-ring (bicyclic) bond motifs is 2. The van der Waals surface area contributed by atoms with Crippen LogP contribution in [0.5, 0.6) is 5.75 Å². The van der Waals surface area contributed by atoms with Gasteiger partial charge in [0.05, 0.1) is 0 Å². The number of rotatable bonds is 2. The van der Waals surface area contributed by atoms with Crippen LogP contribution in [0.2, 0.25) is 0 Å². The highest BCUT2D eigenvalue weighted by atomic mass is 16.5.